The summed E-state index contributed by atoms with van der Waals surface area (Å²) in [6.45, 7) is 9.34. The van der Waals surface area contributed by atoms with Crippen LogP contribution in [0.3, 0.4) is 0 Å². The van der Waals surface area contributed by atoms with Gasteiger partial charge in [0, 0.05) is 26.2 Å². The van der Waals surface area contributed by atoms with Gasteiger partial charge < -0.3 is 0 Å². The molecule has 0 aromatic carbocycles. The molecule has 0 bridgehead atoms. The molecule has 0 unspecified atom stereocenters. The van der Waals surface area contributed by atoms with E-state index in [0.717, 1.165) is 0 Å². The molecule has 2 nitrogen and oxygen atoms in total. The molecule has 0 saturated carbocycles. The molecule has 0 aromatic rings. The van der Waals surface area contributed by atoms with Crippen molar-refractivity contribution in [2.75, 3.05) is 32.4 Å². The van der Waals surface area contributed by atoms with Gasteiger partial charge in [-0.1, -0.05) is 32.3 Å². The first-order valence-electron chi connectivity index (χ1n) is 7.68. The molecular formula is C15H30N2S. The first-order chi connectivity index (χ1) is 8.77. The van der Waals surface area contributed by atoms with Crippen molar-refractivity contribution in [3.05, 3.63) is 12.0 Å². The first kappa shape index (κ1) is 14.4. The van der Waals surface area contributed by atoms with Crippen LogP contribution in [0.5, 0.6) is 0 Å². The molecule has 0 radical (unpaired) electrons. The molecule has 2 saturated heterocycles. The lowest BCUT2D eigenvalue weighted by Gasteiger charge is -2.51. The third kappa shape index (κ3) is 3.31. The van der Waals surface area contributed by atoms with Crippen molar-refractivity contribution in [2.24, 2.45) is 0 Å². The Morgan fingerprint density at radius 2 is 1.06 bits per heavy atom. The van der Waals surface area contributed by atoms with Crippen molar-refractivity contribution in [2.45, 2.75) is 51.4 Å². The van der Waals surface area contributed by atoms with E-state index in [1.54, 1.807) is 0 Å². The van der Waals surface area contributed by atoms with Crippen LogP contribution in [-0.2, 0) is 0 Å². The van der Waals surface area contributed by atoms with Crippen molar-refractivity contribution < 1.29 is 0 Å². The Morgan fingerprint density at radius 3 is 1.33 bits per heavy atom. The van der Waals surface area contributed by atoms with E-state index in [0.29, 0.717) is 0 Å². The lowest BCUT2D eigenvalue weighted by Crippen LogP contribution is -2.39. The van der Waals surface area contributed by atoms with Crippen molar-refractivity contribution in [3.63, 3.8) is 0 Å². The number of rotatable bonds is 3. The number of hydrogen-bond donors (Lipinski definition) is 0. The summed E-state index contributed by atoms with van der Waals surface area (Å²) in [6.07, 6.45) is 13.7. The summed E-state index contributed by atoms with van der Waals surface area (Å²) in [4.78, 5) is 0. The summed E-state index contributed by atoms with van der Waals surface area (Å²) in [5.74, 6) is 0. The van der Waals surface area contributed by atoms with Crippen LogP contribution in [0, 0.1) is 0 Å². The van der Waals surface area contributed by atoms with E-state index in [-0.39, 0.29) is 0 Å². The average molecular weight is 270 g/mol. The largest absolute Gasteiger partial charge is 0.253 e. The highest BCUT2D eigenvalue weighted by Gasteiger charge is 2.30. The Kier molecular flexibility index (Phi) is 5.58. The third-order valence-electron chi connectivity index (χ3n) is 4.49. The minimum Gasteiger partial charge on any atom is -0.253 e. The van der Waals surface area contributed by atoms with Crippen LogP contribution in [0.1, 0.15) is 51.4 Å². The van der Waals surface area contributed by atoms with Gasteiger partial charge in [0.2, 0.25) is 0 Å². The Bertz CT molecular complexity index is 231. The molecule has 2 fully saturated rings. The second-order valence-corrected chi connectivity index (χ2v) is 8.90. The number of hydrogen-bond acceptors (Lipinski definition) is 2. The summed E-state index contributed by atoms with van der Waals surface area (Å²) in [6, 6.07) is 0. The SMILES string of the molecule is C=CS(C)(N1CCCCCC1)N1CCCCCC1. The van der Waals surface area contributed by atoms with Gasteiger partial charge in [0.05, 0.1) is 0 Å². The van der Waals surface area contributed by atoms with Gasteiger partial charge >= 0.3 is 0 Å². The topological polar surface area (TPSA) is 6.48 Å². The van der Waals surface area contributed by atoms with E-state index < -0.39 is 10.4 Å². The van der Waals surface area contributed by atoms with Gasteiger partial charge in [-0.15, -0.1) is 10.4 Å². The standard InChI is InChI=1S/C15H30N2S/c1-3-18(2,16-12-8-4-5-9-13-16)17-14-10-6-7-11-15-17/h3H,1,4-15H2,2H3. The highest BCUT2D eigenvalue weighted by atomic mass is 32.3. The summed E-state index contributed by atoms with van der Waals surface area (Å²) in [7, 11) is -0.897. The minimum absolute atomic E-state index is 0.897. The summed E-state index contributed by atoms with van der Waals surface area (Å²) in [5, 5.41) is 2.28. The monoisotopic (exact) mass is 270 g/mol. The molecule has 0 N–H and O–H groups in total. The molecule has 18 heavy (non-hydrogen) atoms. The fourth-order valence-electron chi connectivity index (χ4n) is 3.20. The highest BCUT2D eigenvalue weighted by Crippen LogP contribution is 2.53. The Balaban J connectivity index is 2.08. The third-order valence-corrected chi connectivity index (χ3v) is 7.94. The fraction of sp³-hybridized carbons (Fsp3) is 0.867. The second kappa shape index (κ2) is 6.97. The van der Waals surface area contributed by atoms with Gasteiger partial charge in [0.1, 0.15) is 0 Å². The van der Waals surface area contributed by atoms with Crippen molar-refractivity contribution in [1.82, 2.24) is 8.61 Å². The van der Waals surface area contributed by atoms with Crippen LogP contribution >= 0.6 is 10.4 Å². The molecule has 2 aliphatic heterocycles. The zero-order valence-corrected chi connectivity index (χ0v) is 12.9. The lowest BCUT2D eigenvalue weighted by molar-refractivity contribution is 0.407. The van der Waals surface area contributed by atoms with Crippen molar-refractivity contribution >= 4 is 10.4 Å². The Hall–Kier alpha value is 0.01000. The molecule has 0 atom stereocenters. The lowest BCUT2D eigenvalue weighted by atomic mass is 10.2. The van der Waals surface area contributed by atoms with Gasteiger partial charge in [-0.25, -0.2) is 0 Å². The maximum atomic E-state index is 4.20. The maximum absolute atomic E-state index is 4.20. The smallest absolute Gasteiger partial charge is 0.00882 e. The molecule has 0 spiro atoms. The highest BCUT2D eigenvalue weighted by molar-refractivity contribution is 8.31. The van der Waals surface area contributed by atoms with Gasteiger partial charge in [-0.2, -0.15) is 0 Å². The van der Waals surface area contributed by atoms with E-state index in [1.165, 1.54) is 77.5 Å². The molecule has 2 rings (SSSR count). The van der Waals surface area contributed by atoms with E-state index in [4.69, 9.17) is 0 Å². The predicted molar refractivity (Wildman–Crippen MR) is 83.8 cm³/mol. The molecular weight excluding hydrogens is 240 g/mol. The van der Waals surface area contributed by atoms with Crippen molar-refractivity contribution in [3.8, 4) is 0 Å². The maximum Gasteiger partial charge on any atom is 0.00882 e. The Labute approximate surface area is 115 Å². The molecule has 3 heteroatoms. The Morgan fingerprint density at radius 1 is 0.722 bits per heavy atom. The molecule has 2 aliphatic rings. The zero-order chi connectivity index (χ0) is 12.8. The molecule has 2 heterocycles. The van der Waals surface area contributed by atoms with Crippen LogP contribution < -0.4 is 0 Å². The van der Waals surface area contributed by atoms with Crippen LogP contribution in [0.15, 0.2) is 12.0 Å². The summed E-state index contributed by atoms with van der Waals surface area (Å²) >= 11 is 0. The summed E-state index contributed by atoms with van der Waals surface area (Å²) < 4.78 is 5.52. The second-order valence-electron chi connectivity index (χ2n) is 5.75. The van der Waals surface area contributed by atoms with Crippen LogP contribution in [0.2, 0.25) is 0 Å². The van der Waals surface area contributed by atoms with E-state index in [2.05, 4.69) is 26.9 Å². The minimum atomic E-state index is -0.897. The van der Waals surface area contributed by atoms with E-state index in [9.17, 15) is 0 Å². The molecule has 0 amide bonds. The van der Waals surface area contributed by atoms with Crippen LogP contribution in [0.25, 0.3) is 0 Å². The normalized spacial score (nSPS) is 26.3. The van der Waals surface area contributed by atoms with Gasteiger partial charge in [0.15, 0.2) is 0 Å². The van der Waals surface area contributed by atoms with Gasteiger partial charge in [0.25, 0.3) is 0 Å². The van der Waals surface area contributed by atoms with Crippen molar-refractivity contribution in [1.29, 1.82) is 0 Å². The molecule has 0 aromatic heterocycles. The summed E-state index contributed by atoms with van der Waals surface area (Å²) in [5.41, 5.74) is 0. The van der Waals surface area contributed by atoms with Gasteiger partial charge in [-0.05, 0) is 37.3 Å². The quantitative estimate of drug-likeness (QED) is 0.760. The van der Waals surface area contributed by atoms with Crippen LogP contribution in [0.4, 0.5) is 0 Å². The number of nitrogens with zero attached hydrogens (tertiary/aromatic N) is 2. The first-order valence-corrected chi connectivity index (χ1v) is 9.70. The predicted octanol–water partition coefficient (Wildman–Crippen LogP) is 4.15. The molecule has 106 valence electrons. The fourth-order valence-corrected chi connectivity index (χ4v) is 5.94. The zero-order valence-electron chi connectivity index (χ0n) is 12.1. The average Bonchev–Trinajstić information content (AvgIpc) is 2.82. The van der Waals surface area contributed by atoms with E-state index >= 15 is 0 Å². The van der Waals surface area contributed by atoms with Crippen LogP contribution in [-0.4, -0.2) is 41.0 Å². The van der Waals surface area contributed by atoms with Gasteiger partial charge in [-0.3, -0.25) is 8.61 Å². The van der Waals surface area contributed by atoms with E-state index in [1.807, 2.05) is 0 Å². The molecule has 0 aliphatic carbocycles.